The number of hydrogen-bond donors (Lipinski definition) is 3. The fourth-order valence-corrected chi connectivity index (χ4v) is 10.7. The first kappa shape index (κ1) is 15.9. The van der Waals surface area contributed by atoms with E-state index in [2.05, 4.69) is 18.4 Å². The molecule has 3 saturated heterocycles. The van der Waals surface area contributed by atoms with Gasteiger partial charge in [-0.2, -0.15) is 0 Å². The SMILES string of the molecule is C=C1C[C@]23C[C@H]4[C@@H]5[C@@]6(C)C[C@H](O)C[C@]57C(C2C(O)[C@H]1[C@@H](O)[C@H]37)N4C6.Cl. The van der Waals surface area contributed by atoms with Crippen LogP contribution in [0.4, 0.5) is 0 Å². The molecule has 0 radical (unpaired) electrons. The predicted octanol–water partition coefficient (Wildman–Crippen LogP) is 1.19. The van der Waals surface area contributed by atoms with Gasteiger partial charge in [-0.25, -0.2) is 0 Å². The summed E-state index contributed by atoms with van der Waals surface area (Å²) >= 11 is 0. The lowest BCUT2D eigenvalue weighted by Gasteiger charge is -2.65. The zero-order valence-electron chi connectivity index (χ0n) is 14.6. The summed E-state index contributed by atoms with van der Waals surface area (Å²) < 4.78 is 0. The van der Waals surface area contributed by atoms with Gasteiger partial charge in [0.1, 0.15) is 0 Å². The van der Waals surface area contributed by atoms with Gasteiger partial charge in [0.15, 0.2) is 0 Å². The topological polar surface area (TPSA) is 63.9 Å². The van der Waals surface area contributed by atoms with Crippen molar-refractivity contribution in [2.24, 2.45) is 39.9 Å². The third kappa shape index (κ3) is 1.22. The van der Waals surface area contributed by atoms with Crippen molar-refractivity contribution in [3.63, 3.8) is 0 Å². The standard InChI is InChI=1S/C20H27NO3.ClH/c1-8-3-19-6-10-15-18(2)4-9(22)5-20(15)16(19)14(24)11(8)13(23)12(19)17(20)21(10)7-18;/h9-17,22-24H,1,3-7H2,2H3;1H/t9-,10-,11-,12?,13?,14+,15+,16+,17?,18-,19-,20-;/m0./s1. The first-order valence-corrected chi connectivity index (χ1v) is 9.83. The molecule has 2 spiro atoms. The van der Waals surface area contributed by atoms with Crippen molar-refractivity contribution >= 4 is 12.4 Å². The monoisotopic (exact) mass is 365 g/mol. The van der Waals surface area contributed by atoms with E-state index in [1.165, 1.54) is 0 Å². The highest BCUT2D eigenvalue weighted by molar-refractivity contribution is 5.85. The van der Waals surface area contributed by atoms with Crippen molar-refractivity contribution in [1.82, 2.24) is 4.90 Å². The van der Waals surface area contributed by atoms with Gasteiger partial charge in [-0.3, -0.25) is 4.90 Å². The number of aliphatic hydroxyl groups is 3. The van der Waals surface area contributed by atoms with Crippen LogP contribution in [0, 0.1) is 39.9 Å². The lowest BCUT2D eigenvalue weighted by atomic mass is 9.39. The van der Waals surface area contributed by atoms with E-state index in [9.17, 15) is 15.3 Å². The van der Waals surface area contributed by atoms with Gasteiger partial charge in [-0.15, -0.1) is 12.4 Å². The molecule has 3 aliphatic heterocycles. The summed E-state index contributed by atoms with van der Waals surface area (Å²) in [5.74, 6) is 1.02. The molecule has 13 atom stereocenters. The molecule has 9 aliphatic rings. The molecular weight excluding hydrogens is 338 g/mol. The van der Waals surface area contributed by atoms with Crippen LogP contribution in [0.15, 0.2) is 12.2 Å². The Morgan fingerprint density at radius 1 is 1.08 bits per heavy atom. The summed E-state index contributed by atoms with van der Waals surface area (Å²) in [7, 11) is 0. The van der Waals surface area contributed by atoms with Gasteiger partial charge >= 0.3 is 0 Å². The smallest absolute Gasteiger partial charge is 0.0679 e. The Labute approximate surface area is 154 Å². The van der Waals surface area contributed by atoms with E-state index in [0.717, 1.165) is 37.8 Å². The molecule has 9 fully saturated rings. The minimum absolute atomic E-state index is 0. The quantitative estimate of drug-likeness (QED) is 0.564. The molecule has 0 amide bonds. The lowest BCUT2D eigenvalue weighted by Crippen LogP contribution is -2.67. The minimum Gasteiger partial charge on any atom is -0.393 e. The molecule has 9 bridgehead atoms. The van der Waals surface area contributed by atoms with E-state index >= 15 is 0 Å². The fourth-order valence-electron chi connectivity index (χ4n) is 10.7. The Hall–Kier alpha value is -0.130. The van der Waals surface area contributed by atoms with Gasteiger partial charge in [-0.1, -0.05) is 19.1 Å². The number of aliphatic hydroxyl groups excluding tert-OH is 3. The molecule has 0 aromatic carbocycles. The second kappa shape index (κ2) is 4.00. The van der Waals surface area contributed by atoms with Crippen LogP contribution in [-0.2, 0) is 0 Å². The number of piperidine rings is 2. The second-order valence-corrected chi connectivity index (χ2v) is 10.8. The minimum atomic E-state index is -0.460. The average Bonchev–Trinajstić information content (AvgIpc) is 2.88. The van der Waals surface area contributed by atoms with Crippen LogP contribution in [0.2, 0.25) is 0 Å². The predicted molar refractivity (Wildman–Crippen MR) is 94.1 cm³/mol. The Balaban J connectivity index is 0.00000129. The largest absolute Gasteiger partial charge is 0.393 e. The summed E-state index contributed by atoms with van der Waals surface area (Å²) in [5, 5.41) is 33.3. The molecular formula is C20H28ClNO3. The van der Waals surface area contributed by atoms with Crippen molar-refractivity contribution < 1.29 is 15.3 Å². The molecule has 0 aromatic heterocycles. The maximum absolute atomic E-state index is 11.3. The number of nitrogens with zero attached hydrogens (tertiary/aromatic N) is 1. The van der Waals surface area contributed by atoms with Crippen LogP contribution in [-0.4, -0.2) is 57.2 Å². The highest BCUT2D eigenvalue weighted by Crippen LogP contribution is 2.86. The highest BCUT2D eigenvalue weighted by Gasteiger charge is 2.90. The summed E-state index contributed by atoms with van der Waals surface area (Å²) in [5.41, 5.74) is 1.37. The first-order chi connectivity index (χ1) is 11.4. The van der Waals surface area contributed by atoms with E-state index in [1.54, 1.807) is 0 Å². The number of halogens is 1. The normalized spacial score (nSPS) is 73.0. The third-order valence-corrected chi connectivity index (χ3v) is 10.1. The molecule has 9 rings (SSSR count). The van der Waals surface area contributed by atoms with Crippen LogP contribution in [0.5, 0.6) is 0 Å². The van der Waals surface area contributed by atoms with E-state index in [4.69, 9.17) is 0 Å². The van der Waals surface area contributed by atoms with E-state index in [0.29, 0.717) is 18.0 Å². The molecule has 25 heavy (non-hydrogen) atoms. The molecule has 5 heteroatoms. The third-order valence-electron chi connectivity index (χ3n) is 10.1. The Bertz CT molecular complexity index is 715. The average molecular weight is 366 g/mol. The molecule has 0 aromatic rings. The Morgan fingerprint density at radius 3 is 2.60 bits per heavy atom. The second-order valence-electron chi connectivity index (χ2n) is 10.8. The maximum Gasteiger partial charge on any atom is 0.0679 e. The Morgan fingerprint density at radius 2 is 1.84 bits per heavy atom. The zero-order valence-corrected chi connectivity index (χ0v) is 15.5. The van der Waals surface area contributed by atoms with Gasteiger partial charge in [0, 0.05) is 30.5 Å². The van der Waals surface area contributed by atoms with Gasteiger partial charge in [0.05, 0.1) is 18.3 Å². The van der Waals surface area contributed by atoms with E-state index in [-0.39, 0.29) is 52.5 Å². The van der Waals surface area contributed by atoms with E-state index < -0.39 is 12.2 Å². The van der Waals surface area contributed by atoms with Crippen LogP contribution >= 0.6 is 12.4 Å². The maximum atomic E-state index is 11.3. The molecule has 138 valence electrons. The lowest BCUT2D eigenvalue weighted by molar-refractivity contribution is -0.213. The summed E-state index contributed by atoms with van der Waals surface area (Å²) in [6, 6.07) is 0.999. The van der Waals surface area contributed by atoms with Crippen LogP contribution in [0.1, 0.15) is 32.6 Å². The van der Waals surface area contributed by atoms with Crippen molar-refractivity contribution in [1.29, 1.82) is 0 Å². The van der Waals surface area contributed by atoms with Gasteiger partial charge in [0.25, 0.3) is 0 Å². The number of rotatable bonds is 0. The summed E-state index contributed by atoms with van der Waals surface area (Å²) in [4.78, 5) is 2.73. The number of hydrogen-bond acceptors (Lipinski definition) is 4. The summed E-state index contributed by atoms with van der Waals surface area (Å²) in [6.45, 7) is 7.72. The number of fused-ring (bicyclic) bond motifs is 1. The van der Waals surface area contributed by atoms with Crippen molar-refractivity contribution in [2.45, 2.75) is 63.0 Å². The molecule has 6 saturated carbocycles. The summed E-state index contributed by atoms with van der Waals surface area (Å²) in [6.07, 6.45) is 2.76. The van der Waals surface area contributed by atoms with Gasteiger partial charge in [0.2, 0.25) is 0 Å². The van der Waals surface area contributed by atoms with Crippen LogP contribution < -0.4 is 0 Å². The molecule has 3 N–H and O–H groups in total. The van der Waals surface area contributed by atoms with Crippen LogP contribution in [0.3, 0.4) is 0 Å². The van der Waals surface area contributed by atoms with Crippen molar-refractivity contribution in [3.05, 3.63) is 12.2 Å². The molecule has 4 unspecified atom stereocenters. The first-order valence-electron chi connectivity index (χ1n) is 9.83. The van der Waals surface area contributed by atoms with Crippen LogP contribution in [0.25, 0.3) is 0 Å². The highest BCUT2D eigenvalue weighted by atomic mass is 35.5. The van der Waals surface area contributed by atoms with E-state index in [1.807, 2.05) is 0 Å². The van der Waals surface area contributed by atoms with Gasteiger partial charge in [-0.05, 0) is 53.8 Å². The fraction of sp³-hybridized carbons (Fsp3) is 0.900. The van der Waals surface area contributed by atoms with Crippen molar-refractivity contribution in [2.75, 3.05) is 6.54 Å². The molecule has 6 aliphatic carbocycles. The molecule has 3 heterocycles. The zero-order chi connectivity index (χ0) is 16.4. The van der Waals surface area contributed by atoms with Crippen molar-refractivity contribution in [3.8, 4) is 0 Å². The van der Waals surface area contributed by atoms with Gasteiger partial charge < -0.3 is 15.3 Å². The molecule has 4 nitrogen and oxygen atoms in total. The Kier molecular flexibility index (Phi) is 2.54.